The normalized spacial score (nSPS) is 10.4. The van der Waals surface area contributed by atoms with E-state index in [1.807, 2.05) is 60.7 Å². The summed E-state index contributed by atoms with van der Waals surface area (Å²) >= 11 is 0. The summed E-state index contributed by atoms with van der Waals surface area (Å²) in [7, 11) is 0. The highest BCUT2D eigenvalue weighted by Gasteiger charge is 2.18. The van der Waals surface area contributed by atoms with Crippen molar-refractivity contribution in [2.75, 3.05) is 5.32 Å². The van der Waals surface area contributed by atoms with Crippen LogP contribution in [0.25, 0.3) is 0 Å². The third-order valence-electron chi connectivity index (χ3n) is 4.02. The Morgan fingerprint density at radius 2 is 1.38 bits per heavy atom. The van der Waals surface area contributed by atoms with E-state index in [4.69, 9.17) is 5.11 Å². The lowest BCUT2D eigenvalue weighted by Crippen LogP contribution is -2.29. The Labute approximate surface area is 166 Å². The lowest BCUT2D eigenvalue weighted by molar-refractivity contribution is -0.139. The number of aromatic nitrogens is 2. The van der Waals surface area contributed by atoms with Gasteiger partial charge in [-0.1, -0.05) is 60.7 Å². The van der Waals surface area contributed by atoms with Crippen molar-refractivity contribution >= 4 is 23.7 Å². The van der Waals surface area contributed by atoms with E-state index < -0.39 is 18.3 Å². The molecule has 29 heavy (non-hydrogen) atoms. The van der Waals surface area contributed by atoms with Crippen LogP contribution in [-0.4, -0.2) is 32.9 Å². The molecule has 1 aromatic heterocycles. The number of amides is 2. The number of nitrogens with one attached hydrogen (secondary N) is 2. The van der Waals surface area contributed by atoms with Gasteiger partial charge in [0.05, 0.1) is 11.6 Å². The van der Waals surface area contributed by atoms with Gasteiger partial charge in [-0.2, -0.15) is 0 Å². The molecule has 2 amide bonds. The molecule has 0 bridgehead atoms. The summed E-state index contributed by atoms with van der Waals surface area (Å²) in [6.07, 6.45) is 1.85. The number of hydrogen-bond acceptors (Lipinski definition) is 5. The van der Waals surface area contributed by atoms with Crippen LogP contribution in [0.1, 0.15) is 33.9 Å². The summed E-state index contributed by atoms with van der Waals surface area (Å²) < 4.78 is 0. The molecule has 3 N–H and O–H groups in total. The van der Waals surface area contributed by atoms with Crippen LogP contribution in [0.4, 0.5) is 5.95 Å². The number of nitrogens with zero attached hydrogens (tertiary/aromatic N) is 2. The molecule has 1 heterocycles. The maximum Gasteiger partial charge on any atom is 0.312 e. The number of carboxylic acids is 1. The molecular weight excluding hydrogens is 372 g/mol. The topological polar surface area (TPSA) is 121 Å². The first-order valence-electron chi connectivity index (χ1n) is 8.77. The van der Waals surface area contributed by atoms with Gasteiger partial charge in [0.25, 0.3) is 5.91 Å². The van der Waals surface area contributed by atoms with Gasteiger partial charge >= 0.3 is 5.97 Å². The van der Waals surface area contributed by atoms with Crippen LogP contribution in [0.3, 0.4) is 0 Å². The molecule has 8 heteroatoms. The Balaban J connectivity index is 1.75. The number of carbonyl (C=O) groups excluding carboxylic acids is 2. The van der Waals surface area contributed by atoms with Gasteiger partial charge in [-0.05, 0) is 11.1 Å². The first-order valence-corrected chi connectivity index (χ1v) is 8.77. The highest BCUT2D eigenvalue weighted by Crippen LogP contribution is 2.22. The van der Waals surface area contributed by atoms with Crippen LogP contribution >= 0.6 is 0 Å². The van der Waals surface area contributed by atoms with Gasteiger partial charge in [0.15, 0.2) is 0 Å². The van der Waals surface area contributed by atoms with Crippen molar-refractivity contribution in [1.29, 1.82) is 0 Å². The van der Waals surface area contributed by atoms with Gasteiger partial charge in [-0.25, -0.2) is 9.97 Å². The number of rotatable bonds is 7. The number of carboxylic acid groups (broad SMARTS) is 1. The summed E-state index contributed by atoms with van der Waals surface area (Å²) in [6.45, 7) is 0. The summed E-state index contributed by atoms with van der Waals surface area (Å²) in [4.78, 5) is 42.5. The number of aliphatic carboxylic acids is 1. The van der Waals surface area contributed by atoms with Gasteiger partial charge in [-0.15, -0.1) is 0 Å². The second kappa shape index (κ2) is 9.23. The number of anilines is 1. The first-order chi connectivity index (χ1) is 14.0. The average Bonchev–Trinajstić information content (AvgIpc) is 2.73. The minimum atomic E-state index is -1.26. The molecule has 3 rings (SSSR count). The fourth-order valence-electron chi connectivity index (χ4n) is 2.68. The molecule has 0 saturated carbocycles. The summed E-state index contributed by atoms with van der Waals surface area (Å²) in [5.74, 6) is -2.46. The maximum absolute atomic E-state index is 12.7. The molecule has 0 aliphatic heterocycles. The second-order valence-electron chi connectivity index (χ2n) is 6.14. The van der Waals surface area contributed by atoms with Crippen LogP contribution in [0.5, 0.6) is 0 Å². The highest BCUT2D eigenvalue weighted by molar-refractivity contribution is 6.00. The van der Waals surface area contributed by atoms with Gasteiger partial charge in [-0.3, -0.25) is 19.7 Å². The van der Waals surface area contributed by atoms with Crippen LogP contribution in [0.15, 0.2) is 73.1 Å². The van der Waals surface area contributed by atoms with Crippen molar-refractivity contribution in [3.05, 3.63) is 89.7 Å². The molecule has 0 spiro atoms. The molecule has 0 fully saturated rings. The SMILES string of the molecule is O=C(O)CC(=O)Nc1ncc(C(=O)NC(c2ccccc2)c2ccccc2)cn1. The summed E-state index contributed by atoms with van der Waals surface area (Å²) in [5.41, 5.74) is 2.05. The van der Waals surface area contributed by atoms with Crippen LogP contribution in [0.2, 0.25) is 0 Å². The molecule has 0 aliphatic rings. The van der Waals surface area contributed by atoms with Crippen molar-refractivity contribution in [2.24, 2.45) is 0 Å². The number of hydrogen-bond donors (Lipinski definition) is 3. The van der Waals surface area contributed by atoms with Gasteiger partial charge in [0.1, 0.15) is 6.42 Å². The monoisotopic (exact) mass is 390 g/mol. The van der Waals surface area contributed by atoms with E-state index in [0.29, 0.717) is 0 Å². The molecule has 2 aromatic carbocycles. The Morgan fingerprint density at radius 1 is 0.862 bits per heavy atom. The molecule has 0 saturated heterocycles. The van der Waals surface area contributed by atoms with Crippen LogP contribution < -0.4 is 10.6 Å². The van der Waals surface area contributed by atoms with Gasteiger partial charge in [0, 0.05) is 12.4 Å². The molecule has 0 unspecified atom stereocenters. The van der Waals surface area contributed by atoms with Gasteiger partial charge in [0.2, 0.25) is 11.9 Å². The molecule has 0 atom stereocenters. The molecule has 0 radical (unpaired) electrons. The molecule has 146 valence electrons. The minimum absolute atomic E-state index is 0.0736. The van der Waals surface area contributed by atoms with Crippen molar-refractivity contribution in [3.63, 3.8) is 0 Å². The summed E-state index contributed by atoms with van der Waals surface area (Å²) in [6, 6.07) is 18.7. The van der Waals surface area contributed by atoms with Crippen molar-refractivity contribution in [2.45, 2.75) is 12.5 Å². The predicted octanol–water partition coefficient (Wildman–Crippen LogP) is 2.41. The van der Waals surface area contributed by atoms with Crippen molar-refractivity contribution in [3.8, 4) is 0 Å². The van der Waals surface area contributed by atoms with Gasteiger partial charge < -0.3 is 10.4 Å². The second-order valence-corrected chi connectivity index (χ2v) is 6.14. The quantitative estimate of drug-likeness (QED) is 0.533. The van der Waals surface area contributed by atoms with E-state index in [-0.39, 0.29) is 23.5 Å². The summed E-state index contributed by atoms with van der Waals surface area (Å²) in [5, 5.41) is 13.8. The number of carbonyl (C=O) groups is 3. The molecule has 8 nitrogen and oxygen atoms in total. The predicted molar refractivity (Wildman–Crippen MR) is 105 cm³/mol. The van der Waals surface area contributed by atoms with E-state index in [0.717, 1.165) is 11.1 Å². The van der Waals surface area contributed by atoms with E-state index in [9.17, 15) is 14.4 Å². The minimum Gasteiger partial charge on any atom is -0.481 e. The Morgan fingerprint density at radius 3 is 1.86 bits per heavy atom. The molecular formula is C21H18N4O4. The average molecular weight is 390 g/mol. The molecule has 3 aromatic rings. The maximum atomic E-state index is 12.7. The van der Waals surface area contributed by atoms with E-state index in [2.05, 4.69) is 20.6 Å². The van der Waals surface area contributed by atoms with E-state index >= 15 is 0 Å². The first kappa shape index (κ1) is 19.7. The smallest absolute Gasteiger partial charge is 0.312 e. The zero-order valence-electron chi connectivity index (χ0n) is 15.3. The van der Waals surface area contributed by atoms with E-state index in [1.165, 1.54) is 12.4 Å². The molecule has 0 aliphatic carbocycles. The Kier molecular flexibility index (Phi) is 6.26. The van der Waals surface area contributed by atoms with Crippen molar-refractivity contribution in [1.82, 2.24) is 15.3 Å². The third-order valence-corrected chi connectivity index (χ3v) is 4.02. The zero-order chi connectivity index (χ0) is 20.6. The number of benzene rings is 2. The Bertz CT molecular complexity index is 953. The standard InChI is InChI=1S/C21H18N4O4/c26-17(11-18(27)28)24-21-22-12-16(13-23-21)20(29)25-19(14-7-3-1-4-8-14)15-9-5-2-6-10-15/h1-10,12-13,19H,11H2,(H,25,29)(H,27,28)(H,22,23,24,26). The highest BCUT2D eigenvalue weighted by atomic mass is 16.4. The fourth-order valence-corrected chi connectivity index (χ4v) is 2.68. The third kappa shape index (κ3) is 5.46. The van der Waals surface area contributed by atoms with E-state index in [1.54, 1.807) is 0 Å². The van der Waals surface area contributed by atoms with Crippen LogP contribution in [0, 0.1) is 0 Å². The fraction of sp³-hybridized carbons (Fsp3) is 0.0952. The largest absolute Gasteiger partial charge is 0.481 e. The van der Waals surface area contributed by atoms with Crippen molar-refractivity contribution < 1.29 is 19.5 Å². The lowest BCUT2D eigenvalue weighted by Gasteiger charge is -2.20. The Hall–Kier alpha value is -4.07. The van der Waals surface area contributed by atoms with Crippen LogP contribution in [-0.2, 0) is 9.59 Å². The zero-order valence-corrected chi connectivity index (χ0v) is 15.3. The lowest BCUT2D eigenvalue weighted by atomic mass is 9.98.